The summed E-state index contributed by atoms with van der Waals surface area (Å²) >= 11 is 0. The van der Waals surface area contributed by atoms with E-state index in [0.29, 0.717) is 19.4 Å². The fraction of sp³-hybridized carbons (Fsp3) is 0.778. The predicted octanol–water partition coefficient (Wildman–Crippen LogP) is 0.773. The zero-order chi connectivity index (χ0) is 11.0. The van der Waals surface area contributed by atoms with Crippen LogP contribution in [0.1, 0.15) is 33.1 Å². The number of ether oxygens (including phenoxy) is 1. The summed E-state index contributed by atoms with van der Waals surface area (Å²) in [4.78, 5) is 26.3. The third-order valence-electron chi connectivity index (χ3n) is 1.58. The third-order valence-corrected chi connectivity index (χ3v) is 1.58. The molecule has 0 fully saturated rings. The first kappa shape index (κ1) is 13.1. The van der Waals surface area contributed by atoms with Crippen LogP contribution in [0.5, 0.6) is 0 Å². The molecule has 0 aromatic carbocycles. The maximum Gasteiger partial charge on any atom is 0.316 e. The fourth-order valence-electron chi connectivity index (χ4n) is 0.736. The standard InChI is InChI=1S/C9H17NO4/c1-7(2)9(12)14-8(11)5-3-4-6-13-10/h7H,3-6,10H2,1-2H3. The predicted molar refractivity (Wildman–Crippen MR) is 49.9 cm³/mol. The zero-order valence-corrected chi connectivity index (χ0v) is 8.62. The van der Waals surface area contributed by atoms with Gasteiger partial charge in [-0.15, -0.1) is 0 Å². The molecule has 0 aliphatic rings. The zero-order valence-electron chi connectivity index (χ0n) is 8.62. The number of rotatable bonds is 6. The number of nitrogens with two attached hydrogens (primary N) is 1. The molecular formula is C9H17NO4. The first-order chi connectivity index (χ1) is 6.57. The number of unbranched alkanes of at least 4 members (excludes halogenated alkanes) is 1. The molecule has 0 aliphatic heterocycles. The van der Waals surface area contributed by atoms with Crippen molar-refractivity contribution in [1.29, 1.82) is 0 Å². The maximum atomic E-state index is 11.0. The molecule has 0 radical (unpaired) electrons. The molecule has 0 aliphatic carbocycles. The van der Waals surface area contributed by atoms with E-state index < -0.39 is 11.9 Å². The van der Waals surface area contributed by atoms with E-state index in [9.17, 15) is 9.59 Å². The Morgan fingerprint density at radius 3 is 2.43 bits per heavy atom. The molecule has 0 saturated carbocycles. The number of carbonyl (C=O) groups excluding carboxylic acids is 2. The van der Waals surface area contributed by atoms with Crippen LogP contribution >= 0.6 is 0 Å². The van der Waals surface area contributed by atoms with Gasteiger partial charge < -0.3 is 9.57 Å². The van der Waals surface area contributed by atoms with Crippen LogP contribution in [0, 0.1) is 5.92 Å². The van der Waals surface area contributed by atoms with E-state index >= 15 is 0 Å². The SMILES string of the molecule is CC(C)C(=O)OC(=O)CCCCON. The minimum Gasteiger partial charge on any atom is -0.393 e. The van der Waals surface area contributed by atoms with Crippen LogP contribution in [-0.4, -0.2) is 18.5 Å². The Hall–Kier alpha value is -0.940. The van der Waals surface area contributed by atoms with E-state index in [1.165, 1.54) is 0 Å². The van der Waals surface area contributed by atoms with Gasteiger partial charge in [-0.25, -0.2) is 5.90 Å². The van der Waals surface area contributed by atoms with Gasteiger partial charge in [-0.05, 0) is 12.8 Å². The van der Waals surface area contributed by atoms with Crippen molar-refractivity contribution in [2.24, 2.45) is 11.8 Å². The molecule has 82 valence electrons. The molecule has 5 heteroatoms. The minimum absolute atomic E-state index is 0.224. The number of hydrogen-bond acceptors (Lipinski definition) is 5. The van der Waals surface area contributed by atoms with Gasteiger partial charge in [-0.2, -0.15) is 0 Å². The van der Waals surface area contributed by atoms with Crippen LogP contribution in [0.15, 0.2) is 0 Å². The average Bonchev–Trinajstić information content (AvgIpc) is 2.12. The second-order valence-corrected chi connectivity index (χ2v) is 3.28. The number of hydrogen-bond donors (Lipinski definition) is 1. The molecule has 0 atom stereocenters. The van der Waals surface area contributed by atoms with Crippen LogP contribution in [0.3, 0.4) is 0 Å². The summed E-state index contributed by atoms with van der Waals surface area (Å²) in [5, 5.41) is 0. The second-order valence-electron chi connectivity index (χ2n) is 3.28. The first-order valence-corrected chi connectivity index (χ1v) is 4.64. The van der Waals surface area contributed by atoms with E-state index in [4.69, 9.17) is 5.90 Å². The number of carbonyl (C=O) groups is 2. The Morgan fingerprint density at radius 1 is 1.29 bits per heavy atom. The van der Waals surface area contributed by atoms with E-state index in [0.717, 1.165) is 0 Å². The largest absolute Gasteiger partial charge is 0.393 e. The molecule has 14 heavy (non-hydrogen) atoms. The molecule has 0 amide bonds. The summed E-state index contributed by atoms with van der Waals surface area (Å²) in [6, 6.07) is 0. The molecule has 0 spiro atoms. The minimum atomic E-state index is -0.485. The van der Waals surface area contributed by atoms with Gasteiger partial charge in [0.1, 0.15) is 0 Å². The van der Waals surface area contributed by atoms with Gasteiger partial charge >= 0.3 is 11.9 Å². The Bertz CT molecular complexity index is 191. The summed E-state index contributed by atoms with van der Waals surface area (Å²) in [5.41, 5.74) is 0. The lowest BCUT2D eigenvalue weighted by Crippen LogP contribution is -2.17. The highest BCUT2D eigenvalue weighted by molar-refractivity contribution is 5.86. The van der Waals surface area contributed by atoms with Gasteiger partial charge in [0.15, 0.2) is 0 Å². The van der Waals surface area contributed by atoms with Gasteiger partial charge in [0.25, 0.3) is 0 Å². The smallest absolute Gasteiger partial charge is 0.316 e. The second kappa shape index (κ2) is 7.46. The molecule has 0 unspecified atom stereocenters. The van der Waals surface area contributed by atoms with E-state index in [2.05, 4.69) is 9.57 Å². The highest BCUT2D eigenvalue weighted by Gasteiger charge is 2.13. The van der Waals surface area contributed by atoms with E-state index in [-0.39, 0.29) is 12.3 Å². The average molecular weight is 203 g/mol. The molecule has 0 aromatic heterocycles. The normalized spacial score (nSPS) is 10.3. The van der Waals surface area contributed by atoms with Crippen molar-refractivity contribution in [3.05, 3.63) is 0 Å². The molecule has 0 aromatic rings. The Morgan fingerprint density at radius 2 is 1.93 bits per heavy atom. The maximum absolute atomic E-state index is 11.0. The van der Waals surface area contributed by atoms with Crippen molar-refractivity contribution >= 4 is 11.9 Å². The lowest BCUT2D eigenvalue weighted by Gasteiger charge is -2.04. The lowest BCUT2D eigenvalue weighted by molar-refractivity contribution is -0.162. The Balaban J connectivity index is 3.51. The van der Waals surface area contributed by atoms with Gasteiger partial charge in [-0.1, -0.05) is 13.8 Å². The molecule has 5 nitrogen and oxygen atoms in total. The van der Waals surface area contributed by atoms with Crippen LogP contribution in [0.25, 0.3) is 0 Å². The number of esters is 2. The molecule has 0 rings (SSSR count). The van der Waals surface area contributed by atoms with Crippen molar-refractivity contribution in [3.8, 4) is 0 Å². The molecule has 0 heterocycles. The van der Waals surface area contributed by atoms with Crippen LogP contribution in [0.2, 0.25) is 0 Å². The Kier molecular flexibility index (Phi) is 6.96. The van der Waals surface area contributed by atoms with E-state index in [1.54, 1.807) is 13.8 Å². The van der Waals surface area contributed by atoms with Crippen molar-refractivity contribution in [3.63, 3.8) is 0 Å². The fourth-order valence-corrected chi connectivity index (χ4v) is 0.736. The van der Waals surface area contributed by atoms with Gasteiger partial charge in [0.05, 0.1) is 12.5 Å². The first-order valence-electron chi connectivity index (χ1n) is 4.64. The van der Waals surface area contributed by atoms with Gasteiger partial charge in [0.2, 0.25) is 0 Å². The highest BCUT2D eigenvalue weighted by Crippen LogP contribution is 2.01. The van der Waals surface area contributed by atoms with Crippen LogP contribution in [0.4, 0.5) is 0 Å². The van der Waals surface area contributed by atoms with Crippen LogP contribution < -0.4 is 5.90 Å². The summed E-state index contributed by atoms with van der Waals surface area (Å²) < 4.78 is 4.54. The van der Waals surface area contributed by atoms with Gasteiger partial charge in [-0.3, -0.25) is 9.59 Å². The van der Waals surface area contributed by atoms with Crippen molar-refractivity contribution < 1.29 is 19.2 Å². The summed E-state index contributed by atoms with van der Waals surface area (Å²) in [6.45, 7) is 3.77. The monoisotopic (exact) mass is 203 g/mol. The topological polar surface area (TPSA) is 78.6 Å². The lowest BCUT2D eigenvalue weighted by atomic mass is 10.2. The van der Waals surface area contributed by atoms with E-state index in [1.807, 2.05) is 0 Å². The quantitative estimate of drug-likeness (QED) is 0.298. The van der Waals surface area contributed by atoms with Crippen molar-refractivity contribution in [2.75, 3.05) is 6.61 Å². The van der Waals surface area contributed by atoms with Gasteiger partial charge in [0, 0.05) is 6.42 Å². The molecule has 0 bridgehead atoms. The van der Waals surface area contributed by atoms with Crippen molar-refractivity contribution in [1.82, 2.24) is 0 Å². The summed E-state index contributed by atoms with van der Waals surface area (Å²) in [6.07, 6.45) is 1.52. The third kappa shape index (κ3) is 6.56. The molecular weight excluding hydrogens is 186 g/mol. The molecule has 2 N–H and O–H groups in total. The van der Waals surface area contributed by atoms with Crippen LogP contribution in [-0.2, 0) is 19.2 Å². The molecule has 0 saturated heterocycles. The van der Waals surface area contributed by atoms with Crippen molar-refractivity contribution in [2.45, 2.75) is 33.1 Å². The summed E-state index contributed by atoms with van der Waals surface area (Å²) in [7, 11) is 0. The highest BCUT2D eigenvalue weighted by atomic mass is 16.6. The summed E-state index contributed by atoms with van der Waals surface area (Å²) in [5.74, 6) is 3.56. The Labute approximate surface area is 83.5 Å².